The van der Waals surface area contributed by atoms with Crippen molar-refractivity contribution >= 4 is 5.65 Å². The molecule has 2 heterocycles. The zero-order chi connectivity index (χ0) is 15.0. The van der Waals surface area contributed by atoms with Crippen LogP contribution in [0.3, 0.4) is 0 Å². The van der Waals surface area contributed by atoms with Gasteiger partial charge in [0.05, 0.1) is 23.4 Å². The van der Waals surface area contributed by atoms with Crippen molar-refractivity contribution in [1.82, 2.24) is 9.38 Å². The Hall–Kier alpha value is -2.67. The Morgan fingerprint density at radius 1 is 1.24 bits per heavy atom. The number of rotatable bonds is 2. The fourth-order valence-corrected chi connectivity index (χ4v) is 2.52. The average Bonchev–Trinajstić information content (AvgIpc) is 2.88. The van der Waals surface area contributed by atoms with Crippen molar-refractivity contribution in [2.45, 2.75) is 19.8 Å². The van der Waals surface area contributed by atoms with E-state index < -0.39 is 0 Å². The molecule has 21 heavy (non-hydrogen) atoms. The molecule has 0 spiro atoms. The maximum atomic E-state index is 13.1. The molecule has 0 saturated heterocycles. The largest absolute Gasteiger partial charge is 0.302 e. The van der Waals surface area contributed by atoms with Crippen LogP contribution in [0.5, 0.6) is 0 Å². The third kappa shape index (κ3) is 2.17. The van der Waals surface area contributed by atoms with Crippen LogP contribution in [-0.2, 0) is 0 Å². The third-order valence-corrected chi connectivity index (χ3v) is 3.60. The second-order valence-electron chi connectivity index (χ2n) is 5.09. The molecule has 1 unspecified atom stereocenters. The molecule has 3 nitrogen and oxygen atoms in total. The first-order chi connectivity index (χ1) is 10.1. The van der Waals surface area contributed by atoms with Crippen molar-refractivity contribution < 1.29 is 4.39 Å². The van der Waals surface area contributed by atoms with E-state index in [9.17, 15) is 9.65 Å². The van der Waals surface area contributed by atoms with Crippen LogP contribution in [-0.4, -0.2) is 9.38 Å². The first-order valence-electron chi connectivity index (χ1n) is 6.75. The van der Waals surface area contributed by atoms with Gasteiger partial charge in [0.15, 0.2) is 0 Å². The van der Waals surface area contributed by atoms with Crippen molar-refractivity contribution in [2.75, 3.05) is 0 Å². The Kier molecular flexibility index (Phi) is 3.19. The highest BCUT2D eigenvalue weighted by Gasteiger charge is 2.19. The fourth-order valence-electron chi connectivity index (χ4n) is 2.52. The number of nitrogens with zero attached hydrogens (tertiary/aromatic N) is 3. The highest BCUT2D eigenvalue weighted by molar-refractivity contribution is 5.69. The lowest BCUT2D eigenvalue weighted by Crippen LogP contribution is -1.98. The predicted molar refractivity (Wildman–Crippen MR) is 79.4 cm³/mol. The molecule has 1 aromatic carbocycles. The fraction of sp³-hybridized carbons (Fsp3) is 0.176. The lowest BCUT2D eigenvalue weighted by molar-refractivity contribution is 0.628. The lowest BCUT2D eigenvalue weighted by Gasteiger charge is -2.07. The minimum absolute atomic E-state index is 0.284. The van der Waals surface area contributed by atoms with Crippen molar-refractivity contribution in [3.8, 4) is 17.3 Å². The highest BCUT2D eigenvalue weighted by Crippen LogP contribution is 2.30. The van der Waals surface area contributed by atoms with Gasteiger partial charge in [-0.05, 0) is 49.7 Å². The van der Waals surface area contributed by atoms with Crippen LogP contribution in [0.25, 0.3) is 16.9 Å². The van der Waals surface area contributed by atoms with Crippen molar-refractivity contribution in [3.05, 3.63) is 59.7 Å². The summed E-state index contributed by atoms with van der Waals surface area (Å²) < 4.78 is 15.1. The van der Waals surface area contributed by atoms with E-state index in [1.165, 1.54) is 12.1 Å². The Morgan fingerprint density at radius 2 is 1.95 bits per heavy atom. The van der Waals surface area contributed by atoms with E-state index in [0.29, 0.717) is 0 Å². The van der Waals surface area contributed by atoms with Crippen LogP contribution in [0, 0.1) is 24.1 Å². The molecule has 104 valence electrons. The molecule has 0 aliphatic heterocycles. The normalized spacial score (nSPS) is 12.3. The Morgan fingerprint density at radius 3 is 2.62 bits per heavy atom. The van der Waals surface area contributed by atoms with Gasteiger partial charge in [-0.15, -0.1) is 0 Å². The van der Waals surface area contributed by atoms with Crippen LogP contribution in [0.4, 0.5) is 4.39 Å². The predicted octanol–water partition coefficient (Wildman–Crippen LogP) is 4.08. The molecule has 0 amide bonds. The van der Waals surface area contributed by atoms with E-state index in [1.807, 2.05) is 36.6 Å². The molecule has 0 fully saturated rings. The summed E-state index contributed by atoms with van der Waals surface area (Å²) in [6.45, 7) is 3.83. The van der Waals surface area contributed by atoms with Crippen LogP contribution < -0.4 is 0 Å². The zero-order valence-corrected chi connectivity index (χ0v) is 11.8. The number of aryl methyl sites for hydroxylation is 1. The molecule has 0 saturated carbocycles. The van der Waals surface area contributed by atoms with Gasteiger partial charge in [-0.25, -0.2) is 9.37 Å². The summed E-state index contributed by atoms with van der Waals surface area (Å²) in [4.78, 5) is 4.67. The molecule has 4 heteroatoms. The number of aromatic nitrogens is 2. The minimum Gasteiger partial charge on any atom is -0.302 e. The summed E-state index contributed by atoms with van der Waals surface area (Å²) >= 11 is 0. The molecule has 0 bridgehead atoms. The van der Waals surface area contributed by atoms with E-state index in [0.717, 1.165) is 28.2 Å². The van der Waals surface area contributed by atoms with Gasteiger partial charge in [-0.1, -0.05) is 6.07 Å². The number of fused-ring (bicyclic) bond motifs is 1. The first kappa shape index (κ1) is 13.3. The Balaban J connectivity index is 2.34. The van der Waals surface area contributed by atoms with Gasteiger partial charge >= 0.3 is 0 Å². The number of benzene rings is 1. The highest BCUT2D eigenvalue weighted by atomic mass is 19.1. The van der Waals surface area contributed by atoms with E-state index in [1.54, 1.807) is 12.1 Å². The van der Waals surface area contributed by atoms with Gasteiger partial charge in [-0.2, -0.15) is 5.26 Å². The third-order valence-electron chi connectivity index (χ3n) is 3.60. The molecule has 1 atom stereocenters. The topological polar surface area (TPSA) is 41.1 Å². The number of hydrogen-bond donors (Lipinski definition) is 0. The quantitative estimate of drug-likeness (QED) is 0.709. The number of halogens is 1. The van der Waals surface area contributed by atoms with Crippen molar-refractivity contribution in [2.24, 2.45) is 0 Å². The molecule has 2 aromatic heterocycles. The van der Waals surface area contributed by atoms with Gasteiger partial charge < -0.3 is 4.40 Å². The Labute approximate surface area is 122 Å². The minimum atomic E-state index is -0.304. The van der Waals surface area contributed by atoms with Crippen LogP contribution >= 0.6 is 0 Å². The summed E-state index contributed by atoms with van der Waals surface area (Å²) in [6, 6.07) is 12.4. The van der Waals surface area contributed by atoms with Crippen molar-refractivity contribution in [1.29, 1.82) is 5.26 Å². The summed E-state index contributed by atoms with van der Waals surface area (Å²) in [6.07, 6.45) is 1.91. The number of hydrogen-bond acceptors (Lipinski definition) is 2. The Bertz CT molecular complexity index is 841. The number of imidazole rings is 1. The molecule has 0 aliphatic carbocycles. The van der Waals surface area contributed by atoms with Gasteiger partial charge in [-0.3, -0.25) is 0 Å². The van der Waals surface area contributed by atoms with Crippen LogP contribution in [0.1, 0.15) is 24.1 Å². The summed E-state index contributed by atoms with van der Waals surface area (Å²) in [5, 5.41) is 9.30. The van der Waals surface area contributed by atoms with E-state index in [4.69, 9.17) is 0 Å². The molecule has 0 N–H and O–H groups in total. The van der Waals surface area contributed by atoms with E-state index in [-0.39, 0.29) is 11.7 Å². The van der Waals surface area contributed by atoms with Crippen LogP contribution in [0.2, 0.25) is 0 Å². The first-order valence-corrected chi connectivity index (χ1v) is 6.75. The lowest BCUT2D eigenvalue weighted by atomic mass is 10.0. The molecule has 0 radical (unpaired) electrons. The SMILES string of the molecule is Cc1cccn2c(C(C)C#N)c(-c3ccc(F)cc3)nc12. The smallest absolute Gasteiger partial charge is 0.140 e. The maximum absolute atomic E-state index is 13.1. The zero-order valence-electron chi connectivity index (χ0n) is 11.8. The summed E-state index contributed by atoms with van der Waals surface area (Å²) in [5.41, 5.74) is 4.25. The van der Waals surface area contributed by atoms with Gasteiger partial charge in [0.2, 0.25) is 0 Å². The van der Waals surface area contributed by atoms with Crippen LogP contribution in [0.15, 0.2) is 42.6 Å². The summed E-state index contributed by atoms with van der Waals surface area (Å²) in [7, 11) is 0. The van der Waals surface area contributed by atoms with Gasteiger partial charge in [0.25, 0.3) is 0 Å². The molecular formula is C17H14FN3. The molecular weight excluding hydrogens is 265 g/mol. The second-order valence-corrected chi connectivity index (χ2v) is 5.09. The van der Waals surface area contributed by atoms with E-state index in [2.05, 4.69) is 11.1 Å². The van der Waals surface area contributed by atoms with E-state index >= 15 is 0 Å². The molecule has 3 rings (SSSR count). The van der Waals surface area contributed by atoms with Gasteiger partial charge in [0.1, 0.15) is 11.5 Å². The average molecular weight is 279 g/mol. The second kappa shape index (κ2) is 5.02. The number of pyridine rings is 1. The van der Waals surface area contributed by atoms with Gasteiger partial charge in [0, 0.05) is 11.8 Å². The number of nitriles is 1. The molecule has 3 aromatic rings. The van der Waals surface area contributed by atoms with Crippen molar-refractivity contribution in [3.63, 3.8) is 0 Å². The maximum Gasteiger partial charge on any atom is 0.140 e. The standard InChI is InChI=1S/C17H14FN3/c1-11-4-3-9-21-16(12(2)10-19)15(20-17(11)21)13-5-7-14(18)8-6-13/h3-9,12H,1-2H3. The molecule has 0 aliphatic rings. The summed E-state index contributed by atoms with van der Waals surface area (Å²) in [5.74, 6) is -0.588. The monoisotopic (exact) mass is 279 g/mol.